The summed E-state index contributed by atoms with van der Waals surface area (Å²) in [5, 5.41) is 9.11. The van der Waals surface area contributed by atoms with Gasteiger partial charge in [0.05, 0.1) is 23.5 Å². The predicted octanol–water partition coefficient (Wildman–Crippen LogP) is 3.35. The summed E-state index contributed by atoms with van der Waals surface area (Å²) in [6.07, 6.45) is -2.58. The van der Waals surface area contributed by atoms with E-state index in [1.54, 1.807) is 0 Å². The highest BCUT2D eigenvalue weighted by molar-refractivity contribution is 6.04. The first-order valence-corrected chi connectivity index (χ1v) is 6.01. The number of hydrogen-bond acceptors (Lipinski definition) is 4. The van der Waals surface area contributed by atoms with Crippen LogP contribution in [0.4, 0.5) is 27.6 Å². The molecule has 0 bridgehead atoms. The number of amides is 1. The normalized spacial score (nSPS) is 11.4. The smallest absolute Gasteiger partial charge is 0.420 e. The minimum Gasteiger partial charge on any atom is -0.434 e. The molecule has 2 aromatic rings. The topological polar surface area (TPSA) is 64.1 Å². The van der Waals surface area contributed by atoms with Crippen LogP contribution in [0.5, 0.6) is 5.75 Å². The van der Waals surface area contributed by atoms with E-state index in [2.05, 4.69) is 20.3 Å². The predicted molar refractivity (Wildman–Crippen MR) is 68.1 cm³/mol. The fourth-order valence-electron chi connectivity index (χ4n) is 1.66. The molecular formula is C13H8F5N3O2. The second-order valence-electron chi connectivity index (χ2n) is 4.17. The number of carbonyl (C=O) groups is 1. The molecule has 0 aliphatic carbocycles. The second-order valence-corrected chi connectivity index (χ2v) is 4.17. The molecule has 122 valence electrons. The fourth-order valence-corrected chi connectivity index (χ4v) is 1.66. The van der Waals surface area contributed by atoms with Crippen LogP contribution >= 0.6 is 0 Å². The van der Waals surface area contributed by atoms with Crippen molar-refractivity contribution in [1.82, 2.24) is 10.2 Å². The Kier molecular flexibility index (Phi) is 4.72. The van der Waals surface area contributed by atoms with Gasteiger partial charge in [-0.1, -0.05) is 0 Å². The first-order chi connectivity index (χ1) is 10.8. The van der Waals surface area contributed by atoms with Gasteiger partial charge in [0.25, 0.3) is 5.91 Å². The lowest BCUT2D eigenvalue weighted by Crippen LogP contribution is -2.15. The SMILES string of the molecule is O=C(Nc1ccc(OC(F)F)c(C(F)(F)F)c1)c1ccnnc1. The third-order valence-corrected chi connectivity index (χ3v) is 2.61. The molecule has 0 atom stereocenters. The maximum atomic E-state index is 12.9. The third kappa shape index (κ3) is 4.34. The monoisotopic (exact) mass is 333 g/mol. The number of halogens is 5. The molecule has 1 heterocycles. The average molecular weight is 333 g/mol. The van der Waals surface area contributed by atoms with Crippen molar-refractivity contribution in [2.45, 2.75) is 12.8 Å². The number of alkyl halides is 5. The van der Waals surface area contributed by atoms with Crippen molar-refractivity contribution in [3.05, 3.63) is 47.8 Å². The van der Waals surface area contributed by atoms with Gasteiger partial charge in [-0.05, 0) is 24.3 Å². The van der Waals surface area contributed by atoms with Gasteiger partial charge in [-0.15, -0.1) is 0 Å². The van der Waals surface area contributed by atoms with Gasteiger partial charge in [0.1, 0.15) is 5.75 Å². The van der Waals surface area contributed by atoms with Crippen molar-refractivity contribution >= 4 is 11.6 Å². The molecule has 0 radical (unpaired) electrons. The standard InChI is InChI=1S/C13H8F5N3O2/c14-12(15)23-10-2-1-8(5-9(10)13(16,17)18)21-11(22)7-3-4-19-20-6-7/h1-6,12H,(H,21,22). The van der Waals surface area contributed by atoms with Crippen molar-refractivity contribution in [3.63, 3.8) is 0 Å². The highest BCUT2D eigenvalue weighted by Gasteiger charge is 2.35. The Morgan fingerprint density at radius 1 is 1.17 bits per heavy atom. The van der Waals surface area contributed by atoms with Crippen LogP contribution in [0.3, 0.4) is 0 Å². The van der Waals surface area contributed by atoms with Gasteiger partial charge in [0.15, 0.2) is 0 Å². The summed E-state index contributed by atoms with van der Waals surface area (Å²) < 4.78 is 66.8. The molecule has 0 saturated heterocycles. The molecule has 0 saturated carbocycles. The summed E-state index contributed by atoms with van der Waals surface area (Å²) in [7, 11) is 0. The first-order valence-electron chi connectivity index (χ1n) is 6.01. The highest BCUT2D eigenvalue weighted by atomic mass is 19.4. The molecule has 0 spiro atoms. The molecule has 0 fully saturated rings. The van der Waals surface area contributed by atoms with Gasteiger partial charge in [-0.2, -0.15) is 32.1 Å². The summed E-state index contributed by atoms with van der Waals surface area (Å²) >= 11 is 0. The van der Waals surface area contributed by atoms with E-state index in [-0.39, 0.29) is 11.3 Å². The van der Waals surface area contributed by atoms with Crippen LogP contribution in [0.15, 0.2) is 36.7 Å². The Hall–Kier alpha value is -2.78. The number of rotatable bonds is 4. The largest absolute Gasteiger partial charge is 0.434 e. The van der Waals surface area contributed by atoms with E-state index in [1.165, 1.54) is 12.3 Å². The van der Waals surface area contributed by atoms with Gasteiger partial charge in [-0.3, -0.25) is 4.79 Å². The summed E-state index contributed by atoms with van der Waals surface area (Å²) in [6, 6.07) is 3.53. The van der Waals surface area contributed by atoms with Gasteiger partial charge in [0.2, 0.25) is 0 Å². The van der Waals surface area contributed by atoms with E-state index in [0.717, 1.165) is 12.3 Å². The van der Waals surface area contributed by atoms with Crippen molar-refractivity contribution in [2.24, 2.45) is 0 Å². The quantitative estimate of drug-likeness (QED) is 0.872. The summed E-state index contributed by atoms with van der Waals surface area (Å²) in [4.78, 5) is 11.8. The molecule has 1 aromatic carbocycles. The molecule has 0 aliphatic heterocycles. The van der Waals surface area contributed by atoms with E-state index >= 15 is 0 Å². The molecular weight excluding hydrogens is 325 g/mol. The van der Waals surface area contributed by atoms with Crippen molar-refractivity contribution in [1.29, 1.82) is 0 Å². The molecule has 10 heteroatoms. The van der Waals surface area contributed by atoms with E-state index in [0.29, 0.717) is 12.1 Å². The van der Waals surface area contributed by atoms with Crippen molar-refractivity contribution in [3.8, 4) is 5.75 Å². The minimum atomic E-state index is -4.93. The number of hydrogen-bond donors (Lipinski definition) is 1. The Balaban J connectivity index is 2.28. The van der Waals surface area contributed by atoms with Crippen LogP contribution in [0.2, 0.25) is 0 Å². The zero-order valence-electron chi connectivity index (χ0n) is 11.1. The van der Waals surface area contributed by atoms with Crippen LogP contribution < -0.4 is 10.1 Å². The molecule has 23 heavy (non-hydrogen) atoms. The van der Waals surface area contributed by atoms with Crippen LogP contribution in [-0.4, -0.2) is 22.7 Å². The summed E-state index contributed by atoms with van der Waals surface area (Å²) in [5.41, 5.74) is -1.59. The van der Waals surface area contributed by atoms with Gasteiger partial charge in [0, 0.05) is 5.69 Å². The van der Waals surface area contributed by atoms with Crippen LogP contribution in [0.1, 0.15) is 15.9 Å². The van der Waals surface area contributed by atoms with E-state index in [9.17, 15) is 26.7 Å². The maximum absolute atomic E-state index is 12.9. The Morgan fingerprint density at radius 2 is 1.91 bits per heavy atom. The number of carbonyl (C=O) groups excluding carboxylic acids is 1. The lowest BCUT2D eigenvalue weighted by molar-refractivity contribution is -0.141. The highest BCUT2D eigenvalue weighted by Crippen LogP contribution is 2.38. The zero-order chi connectivity index (χ0) is 17.0. The number of anilines is 1. The summed E-state index contributed by atoms with van der Waals surface area (Å²) in [5.74, 6) is -1.76. The number of nitrogens with zero attached hydrogens (tertiary/aromatic N) is 2. The molecule has 0 unspecified atom stereocenters. The third-order valence-electron chi connectivity index (χ3n) is 2.61. The average Bonchev–Trinajstić information content (AvgIpc) is 2.48. The lowest BCUT2D eigenvalue weighted by atomic mass is 10.1. The van der Waals surface area contributed by atoms with Gasteiger partial charge < -0.3 is 10.1 Å². The fraction of sp³-hybridized carbons (Fsp3) is 0.154. The van der Waals surface area contributed by atoms with E-state index < -0.39 is 30.0 Å². The lowest BCUT2D eigenvalue weighted by Gasteiger charge is -2.15. The summed E-state index contributed by atoms with van der Waals surface area (Å²) in [6.45, 7) is -3.40. The molecule has 2 rings (SSSR count). The first kappa shape index (κ1) is 16.6. The Labute approximate surface area is 126 Å². The number of ether oxygens (including phenoxy) is 1. The van der Waals surface area contributed by atoms with Crippen molar-refractivity contribution in [2.75, 3.05) is 5.32 Å². The van der Waals surface area contributed by atoms with Crippen LogP contribution in [-0.2, 0) is 6.18 Å². The van der Waals surface area contributed by atoms with E-state index in [4.69, 9.17) is 0 Å². The van der Waals surface area contributed by atoms with Gasteiger partial charge >= 0.3 is 12.8 Å². The van der Waals surface area contributed by atoms with Crippen LogP contribution in [0, 0.1) is 0 Å². The molecule has 1 amide bonds. The number of benzene rings is 1. The Bertz CT molecular complexity index is 692. The second kappa shape index (κ2) is 6.55. The zero-order valence-corrected chi connectivity index (χ0v) is 11.1. The van der Waals surface area contributed by atoms with E-state index in [1.807, 2.05) is 0 Å². The minimum absolute atomic E-state index is 0.0708. The molecule has 0 aliphatic rings. The maximum Gasteiger partial charge on any atom is 0.420 e. The molecule has 1 N–H and O–H groups in total. The molecule has 1 aromatic heterocycles. The number of aromatic nitrogens is 2. The van der Waals surface area contributed by atoms with Crippen molar-refractivity contribution < 1.29 is 31.5 Å². The Morgan fingerprint density at radius 3 is 2.48 bits per heavy atom. The van der Waals surface area contributed by atoms with Crippen LogP contribution in [0.25, 0.3) is 0 Å². The van der Waals surface area contributed by atoms with Gasteiger partial charge in [-0.25, -0.2) is 0 Å². The number of nitrogens with one attached hydrogen (secondary N) is 1. The molecule has 5 nitrogen and oxygen atoms in total.